The van der Waals surface area contributed by atoms with Crippen LogP contribution in [-0.4, -0.2) is 15.5 Å². The minimum atomic E-state index is -0.666. The number of hydrogen-bond donors (Lipinski definition) is 0. The Hall–Kier alpha value is -2.47. The first-order valence-corrected chi connectivity index (χ1v) is 11.0. The van der Waals surface area contributed by atoms with Crippen molar-refractivity contribution in [2.45, 2.75) is 59.1 Å². The van der Waals surface area contributed by atoms with Crippen LogP contribution >= 0.6 is 11.3 Å². The summed E-state index contributed by atoms with van der Waals surface area (Å²) in [4.78, 5) is 33.1. The number of aryl methyl sites for hydroxylation is 2. The molecule has 0 N–H and O–H groups in total. The van der Waals surface area contributed by atoms with E-state index < -0.39 is 6.04 Å². The molecule has 0 fully saturated rings. The van der Waals surface area contributed by atoms with Crippen LogP contribution in [0.3, 0.4) is 0 Å². The number of carbonyl (C=O) groups is 1. The van der Waals surface area contributed by atoms with Crippen molar-refractivity contribution in [3.63, 3.8) is 0 Å². The largest absolute Gasteiger partial charge is 0.459 e. The lowest BCUT2D eigenvalue weighted by Gasteiger charge is -2.20. The first-order chi connectivity index (χ1) is 14.0. The van der Waals surface area contributed by atoms with Gasteiger partial charge in [-0.2, -0.15) is 0 Å². The fraction of sp³-hybridized carbons (Fsp3) is 0.435. The van der Waals surface area contributed by atoms with E-state index in [1.165, 1.54) is 4.88 Å². The average Bonchev–Trinajstić information content (AvgIpc) is 3.07. The van der Waals surface area contributed by atoms with E-state index in [0.717, 1.165) is 35.2 Å². The highest BCUT2D eigenvalue weighted by atomic mass is 32.1. The van der Waals surface area contributed by atoms with Crippen molar-refractivity contribution in [1.29, 1.82) is 0 Å². The minimum Gasteiger partial charge on any atom is -0.459 e. The van der Waals surface area contributed by atoms with Gasteiger partial charge in [0.1, 0.15) is 23.3 Å². The standard InChI is InChI=1S/C23H26N2O3S/c1-4-18(23(27)28-13-16-8-6-5-7-9-16)25-15(3)24-21-20(22(25)26)17-11-10-14(2)12-19(17)29-21/h5-9,14,18H,4,10-13H2,1-3H3. The van der Waals surface area contributed by atoms with E-state index in [0.29, 0.717) is 23.5 Å². The predicted octanol–water partition coefficient (Wildman–Crippen LogP) is 4.59. The SMILES string of the molecule is CCC(C(=O)OCc1ccccc1)n1c(C)nc2sc3c(c2c1=O)CCC(C)C3. The van der Waals surface area contributed by atoms with E-state index in [9.17, 15) is 9.59 Å². The third kappa shape index (κ3) is 3.73. The number of carbonyl (C=O) groups excluding carboxylic acids is 1. The highest BCUT2D eigenvalue weighted by Gasteiger charge is 2.28. The zero-order valence-electron chi connectivity index (χ0n) is 17.1. The van der Waals surface area contributed by atoms with Crippen LogP contribution in [0.25, 0.3) is 10.2 Å². The van der Waals surface area contributed by atoms with E-state index in [4.69, 9.17) is 9.72 Å². The molecule has 152 valence electrons. The predicted molar refractivity (Wildman–Crippen MR) is 115 cm³/mol. The Labute approximate surface area is 174 Å². The Kier molecular flexibility index (Phi) is 5.54. The van der Waals surface area contributed by atoms with Crippen molar-refractivity contribution in [1.82, 2.24) is 9.55 Å². The van der Waals surface area contributed by atoms with Gasteiger partial charge >= 0.3 is 5.97 Å². The molecule has 0 saturated heterocycles. The van der Waals surface area contributed by atoms with Crippen molar-refractivity contribution in [2.75, 3.05) is 0 Å². The Balaban J connectivity index is 1.69. The van der Waals surface area contributed by atoms with Crippen molar-refractivity contribution in [3.8, 4) is 0 Å². The fourth-order valence-electron chi connectivity index (χ4n) is 4.15. The topological polar surface area (TPSA) is 61.2 Å². The number of benzene rings is 1. The molecule has 0 radical (unpaired) electrons. The maximum absolute atomic E-state index is 13.5. The number of esters is 1. The summed E-state index contributed by atoms with van der Waals surface area (Å²) in [5.74, 6) is 0.813. The van der Waals surface area contributed by atoms with E-state index in [1.807, 2.05) is 37.3 Å². The number of aromatic nitrogens is 2. The quantitative estimate of drug-likeness (QED) is 0.578. The van der Waals surface area contributed by atoms with Gasteiger partial charge in [0.05, 0.1) is 5.39 Å². The first kappa shape index (κ1) is 19.8. The van der Waals surface area contributed by atoms with Gasteiger partial charge in [0.25, 0.3) is 5.56 Å². The molecule has 1 aromatic carbocycles. The molecule has 29 heavy (non-hydrogen) atoms. The smallest absolute Gasteiger partial charge is 0.329 e. The summed E-state index contributed by atoms with van der Waals surface area (Å²) < 4.78 is 7.08. The molecule has 5 nitrogen and oxygen atoms in total. The van der Waals surface area contributed by atoms with Gasteiger partial charge in [-0.25, -0.2) is 9.78 Å². The van der Waals surface area contributed by atoms with Crippen LogP contribution < -0.4 is 5.56 Å². The molecule has 0 saturated carbocycles. The Morgan fingerprint density at radius 3 is 2.83 bits per heavy atom. The van der Waals surface area contributed by atoms with Gasteiger partial charge in [0.2, 0.25) is 0 Å². The second-order valence-corrected chi connectivity index (χ2v) is 8.97. The van der Waals surface area contributed by atoms with Crippen molar-refractivity contribution in [2.24, 2.45) is 5.92 Å². The number of rotatable bonds is 5. The van der Waals surface area contributed by atoms with Crippen LogP contribution in [0.2, 0.25) is 0 Å². The van der Waals surface area contributed by atoms with E-state index in [1.54, 1.807) is 22.8 Å². The first-order valence-electron chi connectivity index (χ1n) is 10.2. The Morgan fingerprint density at radius 2 is 2.10 bits per heavy atom. The van der Waals surface area contributed by atoms with Crippen molar-refractivity contribution >= 4 is 27.5 Å². The number of hydrogen-bond acceptors (Lipinski definition) is 5. The molecular weight excluding hydrogens is 384 g/mol. The molecule has 1 aliphatic rings. The molecule has 4 rings (SSSR count). The number of fused-ring (bicyclic) bond motifs is 3. The van der Waals surface area contributed by atoms with Crippen LogP contribution in [0.4, 0.5) is 0 Å². The lowest BCUT2D eigenvalue weighted by molar-refractivity contribution is -0.149. The van der Waals surface area contributed by atoms with Gasteiger partial charge in [-0.15, -0.1) is 11.3 Å². The van der Waals surface area contributed by atoms with Crippen molar-refractivity contribution < 1.29 is 9.53 Å². The molecule has 6 heteroatoms. The third-order valence-electron chi connectivity index (χ3n) is 5.73. The molecule has 2 atom stereocenters. The molecule has 3 aromatic rings. The van der Waals surface area contributed by atoms with E-state index in [-0.39, 0.29) is 18.1 Å². The molecular formula is C23H26N2O3S. The number of nitrogens with zero attached hydrogens (tertiary/aromatic N) is 2. The van der Waals surface area contributed by atoms with Crippen LogP contribution in [-0.2, 0) is 29.0 Å². The second-order valence-electron chi connectivity index (χ2n) is 7.88. The lowest BCUT2D eigenvalue weighted by Crippen LogP contribution is -2.33. The van der Waals surface area contributed by atoms with E-state index >= 15 is 0 Å². The van der Waals surface area contributed by atoms with Crippen LogP contribution in [0.5, 0.6) is 0 Å². The van der Waals surface area contributed by atoms with Crippen molar-refractivity contribution in [3.05, 3.63) is 62.5 Å². The van der Waals surface area contributed by atoms with Gasteiger partial charge in [0.15, 0.2) is 0 Å². The monoisotopic (exact) mass is 410 g/mol. The maximum atomic E-state index is 13.5. The van der Waals surface area contributed by atoms with Gasteiger partial charge in [-0.3, -0.25) is 9.36 Å². The summed E-state index contributed by atoms with van der Waals surface area (Å²) >= 11 is 1.64. The highest BCUT2D eigenvalue weighted by Crippen LogP contribution is 2.36. The molecule has 0 bridgehead atoms. The number of thiophene rings is 1. The summed E-state index contributed by atoms with van der Waals surface area (Å²) in [5, 5.41) is 0.705. The summed E-state index contributed by atoms with van der Waals surface area (Å²) in [5.41, 5.74) is 1.96. The van der Waals surface area contributed by atoms with Gasteiger partial charge in [-0.05, 0) is 49.7 Å². The number of ether oxygens (including phenoxy) is 1. The van der Waals surface area contributed by atoms with Crippen LogP contribution in [0, 0.1) is 12.8 Å². The van der Waals surface area contributed by atoms with Crippen LogP contribution in [0.1, 0.15) is 54.6 Å². The molecule has 0 amide bonds. The molecule has 2 unspecified atom stereocenters. The molecule has 2 heterocycles. The Morgan fingerprint density at radius 1 is 1.34 bits per heavy atom. The van der Waals surface area contributed by atoms with Gasteiger partial charge in [-0.1, -0.05) is 44.2 Å². The third-order valence-corrected chi connectivity index (χ3v) is 6.88. The molecule has 0 spiro atoms. The zero-order chi connectivity index (χ0) is 20.5. The highest BCUT2D eigenvalue weighted by molar-refractivity contribution is 7.18. The Bertz CT molecular complexity index is 1100. The fourth-order valence-corrected chi connectivity index (χ4v) is 5.57. The normalized spacial score (nSPS) is 17.1. The maximum Gasteiger partial charge on any atom is 0.329 e. The molecule has 0 aliphatic heterocycles. The summed E-state index contributed by atoms with van der Waals surface area (Å²) in [7, 11) is 0. The summed E-state index contributed by atoms with van der Waals surface area (Å²) in [6.45, 7) is 6.15. The summed E-state index contributed by atoms with van der Waals surface area (Å²) in [6.07, 6.45) is 3.48. The molecule has 1 aliphatic carbocycles. The molecule has 2 aromatic heterocycles. The van der Waals surface area contributed by atoms with Gasteiger partial charge in [0, 0.05) is 4.88 Å². The van der Waals surface area contributed by atoms with Gasteiger partial charge < -0.3 is 4.74 Å². The second kappa shape index (κ2) is 8.11. The zero-order valence-corrected chi connectivity index (χ0v) is 17.9. The summed E-state index contributed by atoms with van der Waals surface area (Å²) in [6, 6.07) is 8.91. The lowest BCUT2D eigenvalue weighted by atomic mass is 9.89. The minimum absolute atomic E-state index is 0.108. The van der Waals surface area contributed by atoms with Crippen LogP contribution in [0.15, 0.2) is 35.1 Å². The van der Waals surface area contributed by atoms with E-state index in [2.05, 4.69) is 6.92 Å². The average molecular weight is 411 g/mol.